The lowest BCUT2D eigenvalue weighted by Crippen LogP contribution is -2.63. The largest absolute Gasteiger partial charge is 0.513 e. The maximum Gasteiger partial charge on any atom is 0.513 e. The predicted octanol–water partition coefficient (Wildman–Crippen LogP) is 2.61. The Morgan fingerprint density at radius 2 is 1.72 bits per heavy atom. The van der Waals surface area contributed by atoms with Gasteiger partial charge in [-0.25, -0.2) is 9.18 Å². The summed E-state index contributed by atoms with van der Waals surface area (Å²) in [5, 5.41) is 24.3. The Bertz CT molecular complexity index is 1500. The third-order valence-corrected chi connectivity index (χ3v) is 6.37. The molecular weight excluding hydrogens is 642 g/mol. The zero-order valence-electron chi connectivity index (χ0n) is 23.6. The van der Waals surface area contributed by atoms with E-state index in [9.17, 15) is 60.7 Å². The molecule has 14 nitrogen and oxygen atoms in total. The number of alkyl halides is 5. The van der Waals surface area contributed by atoms with Crippen LogP contribution >= 0.6 is 0 Å². The topological polar surface area (TPSA) is 187 Å². The number of hydrogen-bond donors (Lipinski definition) is 3. The molecule has 20 heteroatoms. The normalized spacial score (nSPS) is 17.8. The van der Waals surface area contributed by atoms with Crippen molar-refractivity contribution in [3.63, 3.8) is 0 Å². The molecule has 0 unspecified atom stereocenters. The van der Waals surface area contributed by atoms with E-state index < -0.39 is 84.2 Å². The highest BCUT2D eigenvalue weighted by atomic mass is 19.4. The average Bonchev–Trinajstić information content (AvgIpc) is 3.05. The second-order valence-corrected chi connectivity index (χ2v) is 9.78. The quantitative estimate of drug-likeness (QED) is 0.0850. The molecule has 250 valence electrons. The lowest BCUT2D eigenvalue weighted by atomic mass is 10.0. The number of carbonyl (C=O) groups is 4. The number of ether oxygens (including phenoxy) is 3. The Labute approximate surface area is 254 Å². The molecule has 3 amide bonds. The molecular formula is C26H24F6N4O10. The number of nitrogens with one attached hydrogen (secondary N) is 2. The van der Waals surface area contributed by atoms with Gasteiger partial charge in [-0.3, -0.25) is 24.5 Å². The lowest BCUT2D eigenvalue weighted by Gasteiger charge is -2.29. The summed E-state index contributed by atoms with van der Waals surface area (Å²) in [7, 11) is 0. The second kappa shape index (κ2) is 13.5. The van der Waals surface area contributed by atoms with Crippen LogP contribution in [0.4, 0.5) is 42.5 Å². The number of fused-ring (bicyclic) bond motifs is 1. The average molecular weight is 666 g/mol. The number of benzene rings is 2. The van der Waals surface area contributed by atoms with Gasteiger partial charge in [0.1, 0.15) is 36.1 Å². The molecule has 0 saturated heterocycles. The van der Waals surface area contributed by atoms with Crippen LogP contribution in [0, 0.1) is 15.9 Å². The van der Waals surface area contributed by atoms with Gasteiger partial charge in [-0.2, -0.15) is 22.0 Å². The summed E-state index contributed by atoms with van der Waals surface area (Å²) in [5.41, 5.74) is -3.77. The zero-order chi connectivity index (χ0) is 34.6. The number of nitro groups is 1. The van der Waals surface area contributed by atoms with E-state index in [1.807, 2.05) is 5.32 Å². The summed E-state index contributed by atoms with van der Waals surface area (Å²) in [6.45, 7) is -1.73. The minimum atomic E-state index is -6.04. The molecule has 1 heterocycles. The first kappa shape index (κ1) is 35.3. The van der Waals surface area contributed by atoms with Crippen LogP contribution in [0.3, 0.4) is 0 Å². The number of nitro benzene ring substituents is 1. The summed E-state index contributed by atoms with van der Waals surface area (Å²) in [4.78, 5) is 61.6. The molecule has 0 aliphatic carbocycles. The first-order valence-corrected chi connectivity index (χ1v) is 12.9. The minimum absolute atomic E-state index is 0.105. The van der Waals surface area contributed by atoms with Gasteiger partial charge in [-0.15, -0.1) is 0 Å². The molecule has 2 aromatic carbocycles. The molecule has 0 fully saturated rings. The molecule has 1 aliphatic heterocycles. The van der Waals surface area contributed by atoms with Crippen LogP contribution in [0.25, 0.3) is 0 Å². The molecule has 0 radical (unpaired) electrons. The number of rotatable bonds is 10. The Morgan fingerprint density at radius 3 is 2.30 bits per heavy atom. The van der Waals surface area contributed by atoms with Crippen LogP contribution in [0.1, 0.15) is 13.8 Å². The smallest absolute Gasteiger partial charge is 0.486 e. The summed E-state index contributed by atoms with van der Waals surface area (Å²) in [6.07, 6.45) is -8.66. The third kappa shape index (κ3) is 8.11. The van der Waals surface area contributed by atoms with Gasteiger partial charge in [0, 0.05) is 18.2 Å². The van der Waals surface area contributed by atoms with Crippen molar-refractivity contribution < 1.29 is 69.8 Å². The van der Waals surface area contributed by atoms with Crippen molar-refractivity contribution >= 4 is 35.3 Å². The fourth-order valence-electron chi connectivity index (χ4n) is 3.80. The van der Waals surface area contributed by atoms with Crippen molar-refractivity contribution in [2.24, 2.45) is 0 Å². The number of halogens is 6. The van der Waals surface area contributed by atoms with Crippen molar-refractivity contribution in [3.05, 3.63) is 58.4 Å². The molecule has 3 N–H and O–H groups in total. The fourth-order valence-corrected chi connectivity index (χ4v) is 3.80. The number of nitrogens with zero attached hydrogens (tertiary/aromatic N) is 2. The highest BCUT2D eigenvalue weighted by Crippen LogP contribution is 2.35. The van der Waals surface area contributed by atoms with Crippen molar-refractivity contribution in [1.82, 2.24) is 10.6 Å². The SMILES string of the molecule is C[C@H]1Oc2ccc(F)cc2N(CCOC(=O)Oc2ccc([N+](=O)[O-])cc2)C(=O)[C@H]1NC(=O)[C@@](C)(O)C(=O)NCC(F)(F)C(F)(F)F. The molecule has 0 saturated carbocycles. The molecule has 2 aromatic rings. The van der Waals surface area contributed by atoms with E-state index in [-0.39, 0.29) is 22.9 Å². The van der Waals surface area contributed by atoms with E-state index in [0.29, 0.717) is 6.92 Å². The summed E-state index contributed by atoms with van der Waals surface area (Å²) in [6, 6.07) is 5.50. The van der Waals surface area contributed by atoms with Gasteiger partial charge in [-0.05, 0) is 38.1 Å². The number of anilines is 1. The van der Waals surface area contributed by atoms with E-state index in [1.54, 1.807) is 0 Å². The maximum atomic E-state index is 14.2. The number of non-ortho nitro benzene ring substituents is 1. The van der Waals surface area contributed by atoms with Crippen molar-refractivity contribution in [1.29, 1.82) is 0 Å². The van der Waals surface area contributed by atoms with Crippen LogP contribution in [0.15, 0.2) is 42.5 Å². The van der Waals surface area contributed by atoms with Gasteiger partial charge >= 0.3 is 18.3 Å². The Kier molecular flexibility index (Phi) is 10.3. The monoisotopic (exact) mass is 666 g/mol. The van der Waals surface area contributed by atoms with Crippen LogP contribution in [0.2, 0.25) is 0 Å². The summed E-state index contributed by atoms with van der Waals surface area (Å²) in [5.74, 6) is -11.2. The Morgan fingerprint density at radius 1 is 1.09 bits per heavy atom. The van der Waals surface area contributed by atoms with Gasteiger partial charge in [0.05, 0.1) is 23.7 Å². The molecule has 1 aliphatic rings. The van der Waals surface area contributed by atoms with Gasteiger partial charge in [0.15, 0.2) is 0 Å². The maximum absolute atomic E-state index is 14.2. The van der Waals surface area contributed by atoms with E-state index >= 15 is 0 Å². The Hall–Kier alpha value is -5.14. The van der Waals surface area contributed by atoms with Crippen LogP contribution in [0.5, 0.6) is 11.5 Å². The highest BCUT2D eigenvalue weighted by Gasteiger charge is 2.58. The van der Waals surface area contributed by atoms with E-state index in [2.05, 4.69) is 0 Å². The van der Waals surface area contributed by atoms with Crippen LogP contribution in [-0.2, 0) is 19.1 Å². The van der Waals surface area contributed by atoms with E-state index in [4.69, 9.17) is 14.2 Å². The van der Waals surface area contributed by atoms with Gasteiger partial charge in [0.25, 0.3) is 23.4 Å². The predicted molar refractivity (Wildman–Crippen MR) is 140 cm³/mol. The highest BCUT2D eigenvalue weighted by molar-refractivity contribution is 6.10. The molecule has 0 aromatic heterocycles. The fraction of sp³-hybridized carbons (Fsp3) is 0.385. The van der Waals surface area contributed by atoms with Crippen molar-refractivity contribution in [2.45, 2.75) is 43.7 Å². The lowest BCUT2D eigenvalue weighted by molar-refractivity contribution is -0.384. The number of hydrogen-bond acceptors (Lipinski definition) is 10. The molecule has 46 heavy (non-hydrogen) atoms. The number of aliphatic hydroxyl groups is 1. The summed E-state index contributed by atoms with van der Waals surface area (Å²) < 4.78 is 93.4. The third-order valence-electron chi connectivity index (χ3n) is 6.37. The number of carbonyl (C=O) groups excluding carboxylic acids is 4. The molecule has 0 spiro atoms. The number of amides is 3. The van der Waals surface area contributed by atoms with E-state index in [0.717, 1.165) is 52.7 Å². The van der Waals surface area contributed by atoms with Crippen LogP contribution in [-0.4, -0.2) is 83.4 Å². The standard InChI is InChI=1S/C26H24F6N4O10/c1-13-19(34-22(39)24(2,41)21(38)33-12-25(28,29)26(30,31)32)20(37)35(17-11-14(27)3-8-18(17)45-13)9-10-44-23(40)46-16-6-4-15(5-7-16)36(42)43/h3-8,11,13,19,41H,9-10,12H2,1-2H3,(H,33,38)(H,34,39)/t13-,19+,24+/m1/s1. The first-order valence-electron chi connectivity index (χ1n) is 12.9. The van der Waals surface area contributed by atoms with E-state index in [1.165, 1.54) is 6.92 Å². The van der Waals surface area contributed by atoms with Crippen molar-refractivity contribution in [2.75, 3.05) is 24.6 Å². The van der Waals surface area contributed by atoms with Crippen molar-refractivity contribution in [3.8, 4) is 11.5 Å². The van der Waals surface area contributed by atoms with Gasteiger partial charge < -0.3 is 34.9 Å². The minimum Gasteiger partial charge on any atom is -0.486 e. The van der Waals surface area contributed by atoms with Gasteiger partial charge in [0.2, 0.25) is 5.60 Å². The molecule has 3 atom stereocenters. The first-order chi connectivity index (χ1) is 21.2. The van der Waals surface area contributed by atoms with Crippen LogP contribution < -0.4 is 25.0 Å². The Balaban J connectivity index is 1.74. The van der Waals surface area contributed by atoms with Gasteiger partial charge in [-0.1, -0.05) is 0 Å². The molecule has 3 rings (SSSR count). The second-order valence-electron chi connectivity index (χ2n) is 9.78. The zero-order valence-corrected chi connectivity index (χ0v) is 23.6. The summed E-state index contributed by atoms with van der Waals surface area (Å²) >= 11 is 0. The molecule has 0 bridgehead atoms.